The van der Waals surface area contributed by atoms with Crippen LogP contribution in [0.25, 0.3) is 0 Å². The predicted molar refractivity (Wildman–Crippen MR) is 276 cm³/mol. The lowest BCUT2D eigenvalue weighted by atomic mass is 10.0. The smallest absolute Gasteiger partial charge is 0.220 e. The zero-order chi connectivity index (χ0) is 44.9. The average Bonchev–Trinajstić information content (AvgIpc) is 3.28. The van der Waals surface area contributed by atoms with Crippen molar-refractivity contribution in [3.05, 3.63) is 24.3 Å². The Kier molecular flexibility index (Phi) is 53.2. The lowest BCUT2D eigenvalue weighted by Crippen LogP contribution is -2.45. The van der Waals surface area contributed by atoms with E-state index in [0.717, 1.165) is 32.1 Å². The van der Waals surface area contributed by atoms with Gasteiger partial charge in [-0.05, 0) is 44.9 Å². The van der Waals surface area contributed by atoms with Gasteiger partial charge in [-0.3, -0.25) is 4.79 Å². The van der Waals surface area contributed by atoms with Crippen molar-refractivity contribution in [3.8, 4) is 0 Å². The fourth-order valence-corrected chi connectivity index (χ4v) is 9.10. The van der Waals surface area contributed by atoms with Crippen molar-refractivity contribution < 1.29 is 15.0 Å². The molecular formula is C58H113NO3. The first-order chi connectivity index (χ1) is 30.7. The molecule has 0 aromatic rings. The summed E-state index contributed by atoms with van der Waals surface area (Å²) in [4.78, 5) is 12.4. The lowest BCUT2D eigenvalue weighted by molar-refractivity contribution is -0.123. The zero-order valence-electron chi connectivity index (χ0n) is 42.4. The fourth-order valence-electron chi connectivity index (χ4n) is 9.10. The Morgan fingerprint density at radius 2 is 0.661 bits per heavy atom. The minimum absolute atomic E-state index is 0.0276. The predicted octanol–water partition coefficient (Wildman–Crippen LogP) is 18.7. The molecule has 62 heavy (non-hydrogen) atoms. The number of carbonyl (C=O) groups is 1. The van der Waals surface area contributed by atoms with Gasteiger partial charge in [0.25, 0.3) is 0 Å². The molecule has 0 rings (SSSR count). The summed E-state index contributed by atoms with van der Waals surface area (Å²) < 4.78 is 0. The maximum Gasteiger partial charge on any atom is 0.220 e. The number of rotatable bonds is 53. The maximum atomic E-state index is 12.4. The highest BCUT2D eigenvalue weighted by Crippen LogP contribution is 2.18. The molecule has 1 amide bonds. The number of hydrogen-bond acceptors (Lipinski definition) is 3. The molecule has 4 heteroatoms. The molecule has 0 saturated heterocycles. The van der Waals surface area contributed by atoms with Gasteiger partial charge in [-0.2, -0.15) is 0 Å². The van der Waals surface area contributed by atoms with Gasteiger partial charge in [0.15, 0.2) is 0 Å². The van der Waals surface area contributed by atoms with E-state index in [-0.39, 0.29) is 12.5 Å². The van der Waals surface area contributed by atoms with Gasteiger partial charge in [-0.25, -0.2) is 0 Å². The highest BCUT2D eigenvalue weighted by molar-refractivity contribution is 5.76. The minimum Gasteiger partial charge on any atom is -0.394 e. The highest BCUT2D eigenvalue weighted by Gasteiger charge is 2.20. The Labute approximate surface area is 389 Å². The van der Waals surface area contributed by atoms with Gasteiger partial charge in [0.2, 0.25) is 5.91 Å². The summed E-state index contributed by atoms with van der Waals surface area (Å²) >= 11 is 0. The molecule has 0 bridgehead atoms. The number of unbranched alkanes of at least 4 members (excludes halogenated alkanes) is 42. The van der Waals surface area contributed by atoms with Gasteiger partial charge in [0.05, 0.1) is 18.8 Å². The standard InChI is InChI=1S/C58H113NO3/c1-3-5-7-9-11-13-14-15-16-17-18-19-20-21-22-23-24-25-26-27-28-29-30-31-32-33-34-35-36-37-38-39-40-41-42-43-44-46-48-50-52-54-58(62)59-56(55-60)57(61)53-51-49-47-45-12-10-8-6-4-2/h14-15,17-18,56-57,60-61H,3-13,16,19-55H2,1-2H3,(H,59,62)/b15-14-,18-17-. The highest BCUT2D eigenvalue weighted by atomic mass is 16.3. The summed E-state index contributed by atoms with van der Waals surface area (Å²) in [6.45, 7) is 4.35. The molecule has 0 radical (unpaired) electrons. The molecule has 0 fully saturated rings. The number of allylic oxidation sites excluding steroid dienone is 4. The van der Waals surface area contributed by atoms with Crippen molar-refractivity contribution in [3.63, 3.8) is 0 Å². The number of amides is 1. The third-order valence-corrected chi connectivity index (χ3v) is 13.5. The van der Waals surface area contributed by atoms with E-state index < -0.39 is 12.1 Å². The molecule has 368 valence electrons. The van der Waals surface area contributed by atoms with E-state index in [1.807, 2.05) is 0 Å². The lowest BCUT2D eigenvalue weighted by Gasteiger charge is -2.22. The quantitative estimate of drug-likeness (QED) is 0.0421. The van der Waals surface area contributed by atoms with Crippen molar-refractivity contribution >= 4 is 5.91 Å². The van der Waals surface area contributed by atoms with Crippen LogP contribution in [-0.2, 0) is 4.79 Å². The second-order valence-corrected chi connectivity index (χ2v) is 19.7. The van der Waals surface area contributed by atoms with E-state index >= 15 is 0 Å². The van der Waals surface area contributed by atoms with E-state index in [9.17, 15) is 15.0 Å². The Hall–Kier alpha value is -1.13. The third kappa shape index (κ3) is 49.9. The second-order valence-electron chi connectivity index (χ2n) is 19.7. The molecule has 0 heterocycles. The zero-order valence-corrected chi connectivity index (χ0v) is 42.4. The SMILES string of the molecule is CCCCCCC/C=C\C/C=C\CCCCCCCCCCCCCCCCCCCCCCCCCCCCCCCC(=O)NC(CO)C(O)CCCCCCCCCCC. The van der Waals surface area contributed by atoms with E-state index in [0.29, 0.717) is 12.8 Å². The van der Waals surface area contributed by atoms with Crippen LogP contribution in [0.5, 0.6) is 0 Å². The number of carbonyl (C=O) groups excluding carboxylic acids is 1. The van der Waals surface area contributed by atoms with Crippen molar-refractivity contribution in [2.75, 3.05) is 6.61 Å². The fraction of sp³-hybridized carbons (Fsp3) is 0.914. The molecule has 0 aromatic carbocycles. The van der Waals surface area contributed by atoms with E-state index in [4.69, 9.17) is 0 Å². The average molecular weight is 873 g/mol. The van der Waals surface area contributed by atoms with Crippen molar-refractivity contribution in [2.45, 2.75) is 334 Å². The number of aliphatic hydroxyl groups is 2. The summed E-state index contributed by atoms with van der Waals surface area (Å²) in [5.74, 6) is -0.0276. The van der Waals surface area contributed by atoms with E-state index in [2.05, 4.69) is 43.5 Å². The molecule has 2 unspecified atom stereocenters. The molecule has 3 N–H and O–H groups in total. The molecule has 4 nitrogen and oxygen atoms in total. The molecule has 0 aliphatic heterocycles. The molecule has 0 aromatic heterocycles. The number of aliphatic hydroxyl groups excluding tert-OH is 2. The summed E-state index contributed by atoms with van der Waals surface area (Å²) in [5.41, 5.74) is 0. The first-order valence-corrected chi connectivity index (χ1v) is 28.5. The van der Waals surface area contributed by atoms with Crippen molar-refractivity contribution in [1.82, 2.24) is 5.32 Å². The molecular weight excluding hydrogens is 759 g/mol. The first-order valence-electron chi connectivity index (χ1n) is 28.5. The Balaban J connectivity index is 3.30. The summed E-state index contributed by atoms with van der Waals surface area (Å²) in [6, 6.07) is -0.530. The number of nitrogens with one attached hydrogen (secondary N) is 1. The van der Waals surface area contributed by atoms with Crippen LogP contribution in [0.2, 0.25) is 0 Å². The molecule has 0 aliphatic rings. The van der Waals surface area contributed by atoms with Gasteiger partial charge in [-0.15, -0.1) is 0 Å². The largest absolute Gasteiger partial charge is 0.394 e. The van der Waals surface area contributed by atoms with Crippen LogP contribution in [0.4, 0.5) is 0 Å². The first kappa shape index (κ1) is 60.9. The van der Waals surface area contributed by atoms with E-state index in [1.165, 1.54) is 263 Å². The topological polar surface area (TPSA) is 69.6 Å². The van der Waals surface area contributed by atoms with Crippen LogP contribution < -0.4 is 5.32 Å². The van der Waals surface area contributed by atoms with Crippen LogP contribution in [0.15, 0.2) is 24.3 Å². The van der Waals surface area contributed by atoms with Gasteiger partial charge in [0.1, 0.15) is 0 Å². The molecule has 0 saturated carbocycles. The summed E-state index contributed by atoms with van der Waals surface area (Å²) in [6.07, 6.45) is 72.0. The Bertz CT molecular complexity index is 901. The van der Waals surface area contributed by atoms with Crippen molar-refractivity contribution in [2.24, 2.45) is 0 Å². The summed E-state index contributed by atoms with van der Waals surface area (Å²) in [5, 5.41) is 23.1. The molecule has 0 aliphatic carbocycles. The summed E-state index contributed by atoms with van der Waals surface area (Å²) in [7, 11) is 0. The van der Waals surface area contributed by atoms with Crippen LogP contribution in [0, 0.1) is 0 Å². The van der Waals surface area contributed by atoms with Crippen LogP contribution in [-0.4, -0.2) is 34.9 Å². The van der Waals surface area contributed by atoms with E-state index in [1.54, 1.807) is 0 Å². The van der Waals surface area contributed by atoms with Gasteiger partial charge < -0.3 is 15.5 Å². The molecule has 0 spiro atoms. The number of hydrogen-bond donors (Lipinski definition) is 3. The van der Waals surface area contributed by atoms with Crippen molar-refractivity contribution in [1.29, 1.82) is 0 Å². The van der Waals surface area contributed by atoms with Gasteiger partial charge in [-0.1, -0.05) is 295 Å². The second kappa shape index (κ2) is 54.2. The van der Waals surface area contributed by atoms with Crippen LogP contribution >= 0.6 is 0 Å². The molecule has 2 atom stereocenters. The monoisotopic (exact) mass is 872 g/mol. The van der Waals surface area contributed by atoms with Gasteiger partial charge in [0, 0.05) is 6.42 Å². The maximum absolute atomic E-state index is 12.4. The minimum atomic E-state index is -0.653. The van der Waals surface area contributed by atoms with Crippen LogP contribution in [0.1, 0.15) is 322 Å². The Morgan fingerprint density at radius 3 is 0.968 bits per heavy atom. The third-order valence-electron chi connectivity index (χ3n) is 13.5. The van der Waals surface area contributed by atoms with Gasteiger partial charge >= 0.3 is 0 Å². The Morgan fingerprint density at radius 1 is 0.387 bits per heavy atom. The van der Waals surface area contributed by atoms with Crippen LogP contribution in [0.3, 0.4) is 0 Å². The normalized spacial score (nSPS) is 12.9.